The zero-order valence-electron chi connectivity index (χ0n) is 8.61. The van der Waals surface area contributed by atoms with Crippen LogP contribution in [0.4, 0.5) is 0 Å². The minimum atomic E-state index is 0.835. The lowest BCUT2D eigenvalue weighted by Gasteiger charge is -2.09. The van der Waals surface area contributed by atoms with Gasteiger partial charge in [0.05, 0.1) is 0 Å². The Kier molecular flexibility index (Phi) is 9.61. The summed E-state index contributed by atoms with van der Waals surface area (Å²) in [6.07, 6.45) is 9.45. The van der Waals surface area contributed by atoms with Crippen LogP contribution in [0.1, 0.15) is 58.8 Å². The molecule has 74 valence electrons. The summed E-state index contributed by atoms with van der Waals surface area (Å²) in [4.78, 5) is 0. The Morgan fingerprint density at radius 3 is 2.08 bits per heavy atom. The zero-order valence-corrected chi connectivity index (χ0v) is 9.37. The highest BCUT2D eigenvalue weighted by Crippen LogP contribution is 2.15. The van der Waals surface area contributed by atoms with E-state index in [9.17, 15) is 0 Å². The van der Waals surface area contributed by atoms with Crippen LogP contribution in [0.25, 0.3) is 0 Å². The molecule has 1 atom stereocenters. The lowest BCUT2D eigenvalue weighted by Crippen LogP contribution is -1.94. The molecule has 0 aromatic carbocycles. The summed E-state index contributed by atoms with van der Waals surface area (Å²) in [7, 11) is 0. The van der Waals surface area contributed by atoms with Crippen molar-refractivity contribution in [2.24, 2.45) is 5.92 Å². The van der Waals surface area contributed by atoms with Crippen molar-refractivity contribution in [2.75, 3.05) is 5.88 Å². The van der Waals surface area contributed by atoms with Crippen molar-refractivity contribution in [1.82, 2.24) is 0 Å². The van der Waals surface area contributed by atoms with Crippen molar-refractivity contribution in [3.8, 4) is 0 Å². The molecule has 0 saturated heterocycles. The van der Waals surface area contributed by atoms with Gasteiger partial charge in [-0.25, -0.2) is 0 Å². The van der Waals surface area contributed by atoms with Crippen LogP contribution < -0.4 is 0 Å². The average molecular weight is 191 g/mol. The highest BCUT2D eigenvalue weighted by atomic mass is 35.5. The summed E-state index contributed by atoms with van der Waals surface area (Å²) in [5.41, 5.74) is 0. The lowest BCUT2D eigenvalue weighted by molar-refractivity contribution is 0.448. The molecule has 1 unspecified atom stereocenters. The van der Waals surface area contributed by atoms with Gasteiger partial charge in [-0.05, 0) is 12.3 Å². The van der Waals surface area contributed by atoms with E-state index in [0.717, 1.165) is 11.8 Å². The van der Waals surface area contributed by atoms with Crippen LogP contribution in [0.15, 0.2) is 0 Å². The smallest absolute Gasteiger partial charge is 0.0223 e. The molecule has 1 heteroatoms. The van der Waals surface area contributed by atoms with Crippen molar-refractivity contribution in [2.45, 2.75) is 58.8 Å². The molecule has 0 amide bonds. The predicted molar refractivity (Wildman–Crippen MR) is 57.9 cm³/mol. The van der Waals surface area contributed by atoms with E-state index >= 15 is 0 Å². The van der Waals surface area contributed by atoms with Gasteiger partial charge in [-0.1, -0.05) is 52.4 Å². The van der Waals surface area contributed by atoms with Gasteiger partial charge >= 0.3 is 0 Å². The molecule has 0 nitrogen and oxygen atoms in total. The van der Waals surface area contributed by atoms with E-state index in [-0.39, 0.29) is 0 Å². The molecule has 0 fully saturated rings. The van der Waals surface area contributed by atoms with Crippen molar-refractivity contribution >= 4 is 11.6 Å². The van der Waals surface area contributed by atoms with Gasteiger partial charge in [-0.3, -0.25) is 0 Å². The molecule has 0 bridgehead atoms. The van der Waals surface area contributed by atoms with E-state index < -0.39 is 0 Å². The van der Waals surface area contributed by atoms with Gasteiger partial charge in [0.15, 0.2) is 0 Å². The fraction of sp³-hybridized carbons (Fsp3) is 1.00. The Labute approximate surface area is 82.7 Å². The molecule has 0 radical (unpaired) electrons. The monoisotopic (exact) mass is 190 g/mol. The highest BCUT2D eigenvalue weighted by Gasteiger charge is 2.00. The van der Waals surface area contributed by atoms with Gasteiger partial charge in [-0.15, -0.1) is 11.6 Å². The molecule has 0 aromatic heterocycles. The first kappa shape index (κ1) is 12.3. The maximum absolute atomic E-state index is 5.61. The normalized spacial score (nSPS) is 13.2. The van der Waals surface area contributed by atoms with Crippen LogP contribution in [-0.4, -0.2) is 5.88 Å². The molecule has 0 aromatic rings. The molecule has 0 saturated carbocycles. The Bertz CT molecular complexity index is 71.1. The Hall–Kier alpha value is 0.290. The Morgan fingerprint density at radius 1 is 1.00 bits per heavy atom. The van der Waals surface area contributed by atoms with E-state index in [1.165, 1.54) is 44.9 Å². The van der Waals surface area contributed by atoms with Crippen LogP contribution in [-0.2, 0) is 0 Å². The minimum Gasteiger partial charge on any atom is -0.127 e. The van der Waals surface area contributed by atoms with Gasteiger partial charge in [0, 0.05) is 5.88 Å². The van der Waals surface area contributed by atoms with Crippen LogP contribution in [0.3, 0.4) is 0 Å². The van der Waals surface area contributed by atoms with Crippen LogP contribution in [0.2, 0.25) is 0 Å². The third kappa shape index (κ3) is 8.39. The lowest BCUT2D eigenvalue weighted by atomic mass is 9.98. The number of halogens is 1. The van der Waals surface area contributed by atoms with Gasteiger partial charge in [-0.2, -0.15) is 0 Å². The first-order valence-electron chi connectivity index (χ1n) is 5.37. The first-order valence-corrected chi connectivity index (χ1v) is 5.90. The average Bonchev–Trinajstić information content (AvgIpc) is 2.06. The first-order chi connectivity index (χ1) is 5.81. The van der Waals surface area contributed by atoms with Crippen molar-refractivity contribution in [3.63, 3.8) is 0 Å². The molecule has 0 heterocycles. The molecule has 12 heavy (non-hydrogen) atoms. The maximum atomic E-state index is 5.61. The molecule has 0 aliphatic rings. The summed E-state index contributed by atoms with van der Waals surface area (Å²) in [5, 5.41) is 0. The number of hydrogen-bond acceptors (Lipinski definition) is 0. The summed E-state index contributed by atoms with van der Waals surface area (Å²) in [6, 6.07) is 0. The highest BCUT2D eigenvalue weighted by molar-refractivity contribution is 6.17. The maximum Gasteiger partial charge on any atom is 0.0223 e. The number of hydrogen-bond donors (Lipinski definition) is 0. The largest absolute Gasteiger partial charge is 0.127 e. The van der Waals surface area contributed by atoms with Crippen LogP contribution in [0, 0.1) is 5.92 Å². The molecule has 0 aliphatic heterocycles. The summed E-state index contributed by atoms with van der Waals surface area (Å²) in [5.74, 6) is 1.75. The standard InChI is InChI=1S/C11H23Cl/c1-3-4-5-8-11(2)9-6-7-10-12/h11H,3-10H2,1-2H3. The predicted octanol–water partition coefficient (Wildman–Crippen LogP) is 4.61. The Balaban J connectivity index is 3.04. The summed E-state index contributed by atoms with van der Waals surface area (Å²) in [6.45, 7) is 4.63. The molecule has 0 N–H and O–H groups in total. The quantitative estimate of drug-likeness (QED) is 0.387. The number of alkyl halides is 1. The van der Waals surface area contributed by atoms with Crippen LogP contribution in [0.5, 0.6) is 0 Å². The van der Waals surface area contributed by atoms with E-state index in [1.54, 1.807) is 0 Å². The van der Waals surface area contributed by atoms with E-state index in [0.29, 0.717) is 0 Å². The second kappa shape index (κ2) is 9.38. The van der Waals surface area contributed by atoms with Crippen molar-refractivity contribution in [3.05, 3.63) is 0 Å². The summed E-state index contributed by atoms with van der Waals surface area (Å²) < 4.78 is 0. The second-order valence-electron chi connectivity index (χ2n) is 3.79. The molecular weight excluding hydrogens is 168 g/mol. The van der Waals surface area contributed by atoms with Gasteiger partial charge in [0.25, 0.3) is 0 Å². The van der Waals surface area contributed by atoms with Crippen LogP contribution >= 0.6 is 11.6 Å². The fourth-order valence-corrected chi connectivity index (χ4v) is 1.66. The van der Waals surface area contributed by atoms with Gasteiger partial charge in [0.2, 0.25) is 0 Å². The van der Waals surface area contributed by atoms with E-state index in [4.69, 9.17) is 11.6 Å². The third-order valence-corrected chi connectivity index (χ3v) is 2.65. The van der Waals surface area contributed by atoms with E-state index in [2.05, 4.69) is 13.8 Å². The molecule has 0 rings (SSSR count). The molecule has 0 spiro atoms. The topological polar surface area (TPSA) is 0 Å². The minimum absolute atomic E-state index is 0.835. The van der Waals surface area contributed by atoms with Crippen molar-refractivity contribution < 1.29 is 0 Å². The fourth-order valence-electron chi connectivity index (χ4n) is 1.47. The number of unbranched alkanes of at least 4 members (excludes halogenated alkanes) is 3. The summed E-state index contributed by atoms with van der Waals surface area (Å²) >= 11 is 5.61. The van der Waals surface area contributed by atoms with Gasteiger partial charge in [0.1, 0.15) is 0 Å². The van der Waals surface area contributed by atoms with Crippen molar-refractivity contribution in [1.29, 1.82) is 0 Å². The Morgan fingerprint density at radius 2 is 1.58 bits per heavy atom. The zero-order chi connectivity index (χ0) is 9.23. The third-order valence-electron chi connectivity index (χ3n) is 2.38. The van der Waals surface area contributed by atoms with Gasteiger partial charge < -0.3 is 0 Å². The SMILES string of the molecule is CCCCCC(C)CCCCCl. The second-order valence-corrected chi connectivity index (χ2v) is 4.16. The molecular formula is C11H23Cl. The van der Waals surface area contributed by atoms with E-state index in [1.807, 2.05) is 0 Å². The molecule has 0 aliphatic carbocycles. The number of rotatable bonds is 8.